The number of hydrogen-bond donors (Lipinski definition) is 3. The van der Waals surface area contributed by atoms with E-state index in [1.165, 1.54) is 0 Å². The van der Waals surface area contributed by atoms with Crippen molar-refractivity contribution in [2.24, 2.45) is 0 Å². The normalized spacial score (nSPS) is 20.8. The maximum atomic E-state index is 12.4. The molecular weight excluding hydrogens is 350 g/mol. The Kier molecular flexibility index (Phi) is 5.90. The van der Waals surface area contributed by atoms with Crippen molar-refractivity contribution in [3.8, 4) is 0 Å². The summed E-state index contributed by atoms with van der Waals surface area (Å²) >= 11 is 0. The van der Waals surface area contributed by atoms with Crippen LogP contribution in [0, 0.1) is 0 Å². The summed E-state index contributed by atoms with van der Waals surface area (Å²) in [5.41, 5.74) is 0. The molecule has 0 bridgehead atoms. The Morgan fingerprint density at radius 1 is 1.19 bits per heavy atom. The predicted octanol–water partition coefficient (Wildman–Crippen LogP) is 1.76. The topological polar surface area (TPSA) is 87.3 Å². The highest BCUT2D eigenvalue weighted by molar-refractivity contribution is 7.89. The molecule has 0 saturated carbocycles. The van der Waals surface area contributed by atoms with Gasteiger partial charge in [-0.15, -0.1) is 0 Å². The van der Waals surface area contributed by atoms with Gasteiger partial charge in [0.2, 0.25) is 15.9 Å². The van der Waals surface area contributed by atoms with Gasteiger partial charge in [-0.2, -0.15) is 0 Å². The molecule has 6 nitrogen and oxygen atoms in total. The number of fused-ring (bicyclic) bond motifs is 1. The smallest absolute Gasteiger partial charge is 0.240 e. The van der Waals surface area contributed by atoms with Crippen LogP contribution in [0.5, 0.6) is 0 Å². The third kappa shape index (κ3) is 4.60. The first-order valence-corrected chi connectivity index (χ1v) is 10.5. The van der Waals surface area contributed by atoms with Crippen molar-refractivity contribution in [2.75, 3.05) is 13.1 Å². The van der Waals surface area contributed by atoms with Crippen LogP contribution >= 0.6 is 0 Å². The number of hydrogen-bond acceptors (Lipinski definition) is 4. The van der Waals surface area contributed by atoms with Gasteiger partial charge in [-0.1, -0.05) is 30.3 Å². The fourth-order valence-corrected chi connectivity index (χ4v) is 4.30. The average molecular weight is 375 g/mol. The minimum atomic E-state index is -3.63. The standard InChI is InChI=1S/C19H25N3O3S/c1-14-18(7-4-11-20-14)22-19(23)10-12-21-26(24,25)17-9-8-15-5-2-3-6-16(15)13-17/h2-3,5-6,8-9,13-14,18,20-21H,4,7,10-12H2,1H3,(H,22,23). The van der Waals surface area contributed by atoms with Crippen LogP contribution < -0.4 is 15.4 Å². The molecule has 1 saturated heterocycles. The van der Waals surface area contributed by atoms with Gasteiger partial charge in [0.05, 0.1) is 4.90 Å². The molecule has 1 amide bonds. The lowest BCUT2D eigenvalue weighted by Crippen LogP contribution is -2.52. The fraction of sp³-hybridized carbons (Fsp3) is 0.421. The van der Waals surface area contributed by atoms with Gasteiger partial charge in [-0.25, -0.2) is 13.1 Å². The van der Waals surface area contributed by atoms with Crippen molar-refractivity contribution in [3.05, 3.63) is 42.5 Å². The van der Waals surface area contributed by atoms with E-state index >= 15 is 0 Å². The van der Waals surface area contributed by atoms with E-state index in [4.69, 9.17) is 0 Å². The van der Waals surface area contributed by atoms with E-state index in [1.54, 1.807) is 18.2 Å². The van der Waals surface area contributed by atoms with Gasteiger partial charge in [0, 0.05) is 25.0 Å². The molecule has 2 atom stereocenters. The molecule has 0 radical (unpaired) electrons. The number of nitrogens with one attached hydrogen (secondary N) is 3. The maximum absolute atomic E-state index is 12.4. The van der Waals surface area contributed by atoms with Gasteiger partial charge in [-0.3, -0.25) is 4.79 Å². The van der Waals surface area contributed by atoms with Crippen molar-refractivity contribution in [3.63, 3.8) is 0 Å². The summed E-state index contributed by atoms with van der Waals surface area (Å²) in [5, 5.41) is 8.16. The number of sulfonamides is 1. The zero-order valence-corrected chi connectivity index (χ0v) is 15.7. The summed E-state index contributed by atoms with van der Waals surface area (Å²) in [4.78, 5) is 12.3. The Labute approximate surface area is 154 Å². The van der Waals surface area contributed by atoms with E-state index < -0.39 is 10.0 Å². The van der Waals surface area contributed by atoms with Crippen LogP contribution in [-0.2, 0) is 14.8 Å². The summed E-state index contributed by atoms with van der Waals surface area (Å²) in [6.07, 6.45) is 2.10. The molecule has 3 rings (SSSR count). The number of piperidine rings is 1. The van der Waals surface area contributed by atoms with Crippen LogP contribution in [0.25, 0.3) is 10.8 Å². The van der Waals surface area contributed by atoms with Crippen LogP contribution in [0.15, 0.2) is 47.4 Å². The first-order valence-electron chi connectivity index (χ1n) is 8.97. The van der Waals surface area contributed by atoms with Crippen molar-refractivity contribution in [1.29, 1.82) is 0 Å². The molecule has 140 valence electrons. The molecular formula is C19H25N3O3S. The molecule has 0 aliphatic carbocycles. The van der Waals surface area contributed by atoms with Gasteiger partial charge >= 0.3 is 0 Å². The molecule has 26 heavy (non-hydrogen) atoms. The minimum absolute atomic E-state index is 0.0789. The molecule has 1 aliphatic rings. The Morgan fingerprint density at radius 2 is 1.96 bits per heavy atom. The second-order valence-corrected chi connectivity index (χ2v) is 8.48. The highest BCUT2D eigenvalue weighted by Crippen LogP contribution is 2.18. The second-order valence-electron chi connectivity index (χ2n) is 6.72. The van der Waals surface area contributed by atoms with Gasteiger partial charge in [0.15, 0.2) is 0 Å². The Balaban J connectivity index is 1.55. The second kappa shape index (κ2) is 8.16. The fourth-order valence-electron chi connectivity index (χ4n) is 3.24. The zero-order chi connectivity index (χ0) is 18.6. The Morgan fingerprint density at radius 3 is 2.73 bits per heavy atom. The number of rotatable bonds is 6. The lowest BCUT2D eigenvalue weighted by Gasteiger charge is -2.30. The van der Waals surface area contributed by atoms with Crippen LogP contribution in [0.3, 0.4) is 0 Å². The van der Waals surface area contributed by atoms with Gasteiger partial charge in [-0.05, 0) is 49.2 Å². The minimum Gasteiger partial charge on any atom is -0.352 e. The quantitative estimate of drug-likeness (QED) is 0.718. The lowest BCUT2D eigenvalue weighted by atomic mass is 10.00. The maximum Gasteiger partial charge on any atom is 0.240 e. The molecule has 2 aromatic rings. The molecule has 3 N–H and O–H groups in total. The summed E-state index contributed by atoms with van der Waals surface area (Å²) in [5.74, 6) is -0.133. The average Bonchev–Trinajstić information content (AvgIpc) is 2.63. The third-order valence-electron chi connectivity index (χ3n) is 4.78. The monoisotopic (exact) mass is 375 g/mol. The Bertz CT molecular complexity index is 882. The molecule has 1 fully saturated rings. The first-order chi connectivity index (χ1) is 12.5. The molecule has 1 heterocycles. The van der Waals surface area contributed by atoms with E-state index in [0.29, 0.717) is 0 Å². The van der Waals surface area contributed by atoms with Crippen LogP contribution in [0.4, 0.5) is 0 Å². The number of benzene rings is 2. The molecule has 1 aliphatic heterocycles. The molecule has 2 unspecified atom stereocenters. The van der Waals surface area contributed by atoms with Gasteiger partial charge in [0.1, 0.15) is 0 Å². The predicted molar refractivity (Wildman–Crippen MR) is 102 cm³/mol. The van der Waals surface area contributed by atoms with E-state index in [2.05, 4.69) is 15.4 Å². The van der Waals surface area contributed by atoms with Gasteiger partial charge < -0.3 is 10.6 Å². The van der Waals surface area contributed by atoms with Crippen LogP contribution in [0.2, 0.25) is 0 Å². The number of carbonyl (C=O) groups excluding carboxylic acids is 1. The summed E-state index contributed by atoms with van der Waals surface area (Å²) in [6, 6.07) is 13.0. The number of amides is 1. The van der Waals surface area contributed by atoms with Crippen molar-refractivity contribution in [2.45, 2.75) is 43.2 Å². The molecule has 0 spiro atoms. The first kappa shape index (κ1) is 18.8. The summed E-state index contributed by atoms with van der Waals surface area (Å²) in [6.45, 7) is 3.10. The number of carbonyl (C=O) groups is 1. The largest absolute Gasteiger partial charge is 0.352 e. The highest BCUT2D eigenvalue weighted by Gasteiger charge is 2.22. The lowest BCUT2D eigenvalue weighted by molar-refractivity contribution is -0.122. The van der Waals surface area contributed by atoms with Crippen molar-refractivity contribution in [1.82, 2.24) is 15.4 Å². The van der Waals surface area contributed by atoms with E-state index in [9.17, 15) is 13.2 Å². The molecule has 7 heteroatoms. The van der Waals surface area contributed by atoms with Crippen LogP contribution in [0.1, 0.15) is 26.2 Å². The zero-order valence-electron chi connectivity index (χ0n) is 14.9. The SMILES string of the molecule is CC1NCCCC1NC(=O)CCNS(=O)(=O)c1ccc2ccccc2c1. The van der Waals surface area contributed by atoms with Crippen LogP contribution in [-0.4, -0.2) is 39.5 Å². The summed E-state index contributed by atoms with van der Waals surface area (Å²) < 4.78 is 27.4. The Hall–Kier alpha value is -1.96. The third-order valence-corrected chi connectivity index (χ3v) is 6.24. The van der Waals surface area contributed by atoms with Crippen molar-refractivity contribution >= 4 is 26.7 Å². The van der Waals surface area contributed by atoms with E-state index in [1.807, 2.05) is 31.2 Å². The highest BCUT2D eigenvalue weighted by atomic mass is 32.2. The molecule has 2 aromatic carbocycles. The van der Waals surface area contributed by atoms with Crippen molar-refractivity contribution < 1.29 is 13.2 Å². The van der Waals surface area contributed by atoms with E-state index in [-0.39, 0.29) is 35.9 Å². The summed E-state index contributed by atoms with van der Waals surface area (Å²) in [7, 11) is -3.63. The molecule has 0 aromatic heterocycles. The van der Waals surface area contributed by atoms with E-state index in [0.717, 1.165) is 30.2 Å². The van der Waals surface area contributed by atoms with Gasteiger partial charge in [0.25, 0.3) is 0 Å².